The summed E-state index contributed by atoms with van der Waals surface area (Å²) in [5, 5.41) is 7.51. The van der Waals surface area contributed by atoms with Crippen molar-refractivity contribution >= 4 is 17.0 Å². The van der Waals surface area contributed by atoms with E-state index in [-0.39, 0.29) is 6.04 Å². The molecule has 0 radical (unpaired) electrons. The maximum absolute atomic E-state index is 4.73. The van der Waals surface area contributed by atoms with Gasteiger partial charge in [-0.1, -0.05) is 30.3 Å². The molecule has 0 amide bonds. The van der Waals surface area contributed by atoms with E-state index in [9.17, 15) is 0 Å². The number of benzene rings is 1. The molecule has 0 aliphatic carbocycles. The lowest BCUT2D eigenvalue weighted by atomic mass is 10.2. The van der Waals surface area contributed by atoms with E-state index in [1.54, 1.807) is 12.7 Å². The van der Waals surface area contributed by atoms with Crippen molar-refractivity contribution in [3.05, 3.63) is 48.8 Å². The van der Waals surface area contributed by atoms with Gasteiger partial charge in [0.15, 0.2) is 17.3 Å². The number of hydrogen-bond acceptors (Lipinski definition) is 6. The highest BCUT2D eigenvalue weighted by molar-refractivity contribution is 5.83. The molecule has 3 aromatic heterocycles. The van der Waals surface area contributed by atoms with Crippen molar-refractivity contribution in [1.82, 2.24) is 35.1 Å². The number of rotatable bonds is 3. The van der Waals surface area contributed by atoms with Gasteiger partial charge in [-0.3, -0.25) is 5.10 Å². The SMILES string of the molecule is c1ccc(-c2n[nH]c(C3CCCN3c3ncnc4nc[nH]c34)n2)cc1. The standard InChI is InChI=1S/C17H16N8/c1-2-5-11(6-3-1)14-22-15(24-23-14)12-7-4-8-25(12)17-13-16(19-9-18-13)20-10-21-17/h1-3,5-6,9-10,12H,4,7-8H2,(H,22,23,24)(H,18,19,20,21). The van der Waals surface area contributed by atoms with E-state index >= 15 is 0 Å². The first-order chi connectivity index (χ1) is 12.4. The van der Waals surface area contributed by atoms with Gasteiger partial charge in [-0.25, -0.2) is 19.9 Å². The lowest BCUT2D eigenvalue weighted by Crippen LogP contribution is -2.24. The van der Waals surface area contributed by atoms with Gasteiger partial charge in [-0.2, -0.15) is 5.10 Å². The normalized spacial score (nSPS) is 17.4. The predicted molar refractivity (Wildman–Crippen MR) is 92.8 cm³/mol. The van der Waals surface area contributed by atoms with Gasteiger partial charge in [0.2, 0.25) is 0 Å². The summed E-state index contributed by atoms with van der Waals surface area (Å²) in [6.45, 7) is 0.914. The Hall–Kier alpha value is -3.29. The number of fused-ring (bicyclic) bond motifs is 1. The highest BCUT2D eigenvalue weighted by Crippen LogP contribution is 2.36. The van der Waals surface area contributed by atoms with Crippen LogP contribution in [0.5, 0.6) is 0 Å². The smallest absolute Gasteiger partial charge is 0.182 e. The van der Waals surface area contributed by atoms with Crippen molar-refractivity contribution in [2.24, 2.45) is 0 Å². The lowest BCUT2D eigenvalue weighted by molar-refractivity contribution is 0.665. The van der Waals surface area contributed by atoms with Crippen LogP contribution in [-0.2, 0) is 0 Å². The maximum Gasteiger partial charge on any atom is 0.182 e. The van der Waals surface area contributed by atoms with Crippen LogP contribution in [0.1, 0.15) is 24.7 Å². The minimum absolute atomic E-state index is 0.117. The first kappa shape index (κ1) is 14.1. The number of aromatic amines is 2. The van der Waals surface area contributed by atoms with E-state index in [1.807, 2.05) is 30.3 Å². The van der Waals surface area contributed by atoms with Crippen LogP contribution in [0.25, 0.3) is 22.6 Å². The fourth-order valence-electron chi connectivity index (χ4n) is 3.41. The molecule has 1 fully saturated rings. The molecule has 0 spiro atoms. The van der Waals surface area contributed by atoms with Crippen molar-refractivity contribution in [2.75, 3.05) is 11.4 Å². The largest absolute Gasteiger partial charge is 0.344 e. The van der Waals surface area contributed by atoms with Crippen LogP contribution < -0.4 is 4.90 Å². The second-order valence-corrected chi connectivity index (χ2v) is 6.06. The van der Waals surface area contributed by atoms with E-state index in [0.717, 1.165) is 47.9 Å². The summed E-state index contributed by atoms with van der Waals surface area (Å²) in [5.74, 6) is 2.45. The Morgan fingerprint density at radius 3 is 2.92 bits per heavy atom. The van der Waals surface area contributed by atoms with E-state index < -0.39 is 0 Å². The van der Waals surface area contributed by atoms with Crippen LogP contribution in [-0.4, -0.2) is 41.7 Å². The van der Waals surface area contributed by atoms with Crippen molar-refractivity contribution in [3.8, 4) is 11.4 Å². The molecule has 25 heavy (non-hydrogen) atoms. The Balaban J connectivity index is 1.52. The molecule has 1 atom stereocenters. The number of anilines is 1. The summed E-state index contributed by atoms with van der Waals surface area (Å²) in [5.41, 5.74) is 2.54. The molecule has 4 aromatic rings. The summed E-state index contributed by atoms with van der Waals surface area (Å²) >= 11 is 0. The summed E-state index contributed by atoms with van der Waals surface area (Å²) in [7, 11) is 0. The van der Waals surface area contributed by atoms with Crippen LogP contribution in [0.15, 0.2) is 43.0 Å². The van der Waals surface area contributed by atoms with Crippen molar-refractivity contribution in [3.63, 3.8) is 0 Å². The van der Waals surface area contributed by atoms with Gasteiger partial charge in [0.1, 0.15) is 17.7 Å². The van der Waals surface area contributed by atoms with Gasteiger partial charge in [-0.05, 0) is 12.8 Å². The number of H-pyrrole nitrogens is 2. The molecule has 5 rings (SSSR count). The fourth-order valence-corrected chi connectivity index (χ4v) is 3.41. The summed E-state index contributed by atoms with van der Waals surface area (Å²) in [4.78, 5) is 23.0. The van der Waals surface area contributed by atoms with Crippen LogP contribution in [0.4, 0.5) is 5.82 Å². The van der Waals surface area contributed by atoms with Crippen LogP contribution >= 0.6 is 0 Å². The molecule has 8 heteroatoms. The van der Waals surface area contributed by atoms with E-state index in [4.69, 9.17) is 4.98 Å². The first-order valence-corrected chi connectivity index (χ1v) is 8.28. The van der Waals surface area contributed by atoms with Crippen LogP contribution in [0.2, 0.25) is 0 Å². The molecular formula is C17H16N8. The number of nitrogens with one attached hydrogen (secondary N) is 2. The first-order valence-electron chi connectivity index (χ1n) is 8.28. The topological polar surface area (TPSA) is 99.3 Å². The zero-order chi connectivity index (χ0) is 16.6. The minimum Gasteiger partial charge on any atom is -0.344 e. The Kier molecular flexibility index (Phi) is 3.19. The summed E-state index contributed by atoms with van der Waals surface area (Å²) in [6, 6.07) is 10.1. The lowest BCUT2D eigenvalue weighted by Gasteiger charge is -2.23. The molecule has 1 aliphatic rings. The molecule has 1 aromatic carbocycles. The maximum atomic E-state index is 4.73. The van der Waals surface area contributed by atoms with E-state index in [1.165, 1.54) is 0 Å². The minimum atomic E-state index is 0.117. The van der Waals surface area contributed by atoms with Crippen LogP contribution in [0.3, 0.4) is 0 Å². The third-order valence-electron chi connectivity index (χ3n) is 4.58. The predicted octanol–water partition coefficient (Wildman–Crippen LogP) is 2.48. The molecule has 0 saturated carbocycles. The molecule has 124 valence electrons. The van der Waals surface area contributed by atoms with Crippen molar-refractivity contribution in [1.29, 1.82) is 0 Å². The van der Waals surface area contributed by atoms with Gasteiger partial charge in [0, 0.05) is 12.1 Å². The quantitative estimate of drug-likeness (QED) is 0.598. The third kappa shape index (κ3) is 2.34. The monoisotopic (exact) mass is 332 g/mol. The average molecular weight is 332 g/mol. The summed E-state index contributed by atoms with van der Waals surface area (Å²) in [6.07, 6.45) is 5.29. The second-order valence-electron chi connectivity index (χ2n) is 6.06. The molecule has 1 saturated heterocycles. The molecule has 1 aliphatic heterocycles. The Labute approximate surface area is 143 Å². The van der Waals surface area contributed by atoms with Gasteiger partial charge < -0.3 is 9.88 Å². The number of nitrogens with zero attached hydrogens (tertiary/aromatic N) is 6. The molecule has 2 N–H and O–H groups in total. The molecule has 1 unspecified atom stereocenters. The molecule has 4 heterocycles. The van der Waals surface area contributed by atoms with Gasteiger partial charge in [-0.15, -0.1) is 0 Å². The van der Waals surface area contributed by atoms with Crippen LogP contribution in [0, 0.1) is 0 Å². The summed E-state index contributed by atoms with van der Waals surface area (Å²) < 4.78 is 0. The number of imidazole rings is 1. The van der Waals surface area contributed by atoms with Gasteiger partial charge >= 0.3 is 0 Å². The zero-order valence-corrected chi connectivity index (χ0v) is 13.4. The Bertz CT molecular complexity index is 1010. The average Bonchev–Trinajstić information content (AvgIpc) is 3.40. The van der Waals surface area contributed by atoms with Crippen molar-refractivity contribution in [2.45, 2.75) is 18.9 Å². The number of aromatic nitrogens is 7. The van der Waals surface area contributed by atoms with E-state index in [0.29, 0.717) is 5.65 Å². The highest BCUT2D eigenvalue weighted by Gasteiger charge is 2.31. The molecular weight excluding hydrogens is 316 g/mol. The van der Waals surface area contributed by atoms with E-state index in [2.05, 4.69) is 35.0 Å². The number of hydrogen-bond donors (Lipinski definition) is 2. The molecule has 8 nitrogen and oxygen atoms in total. The Morgan fingerprint density at radius 2 is 2.00 bits per heavy atom. The zero-order valence-electron chi connectivity index (χ0n) is 13.4. The highest BCUT2D eigenvalue weighted by atomic mass is 15.3. The molecule has 0 bridgehead atoms. The van der Waals surface area contributed by atoms with Gasteiger partial charge in [0.25, 0.3) is 0 Å². The third-order valence-corrected chi connectivity index (χ3v) is 4.58. The second kappa shape index (κ2) is 5.66. The Morgan fingerprint density at radius 1 is 1.08 bits per heavy atom. The van der Waals surface area contributed by atoms with Gasteiger partial charge in [0.05, 0.1) is 12.4 Å². The fraction of sp³-hybridized carbons (Fsp3) is 0.235. The van der Waals surface area contributed by atoms with Crippen molar-refractivity contribution < 1.29 is 0 Å².